The van der Waals surface area contributed by atoms with Gasteiger partial charge in [-0.15, -0.1) is 0 Å². The van der Waals surface area contributed by atoms with E-state index in [2.05, 4.69) is 9.88 Å². The van der Waals surface area contributed by atoms with E-state index in [4.69, 9.17) is 25.8 Å². The number of aromatic nitrogens is 1. The standard InChI is InChI=1S/C27H30ClN3O4/c1-3-34-26-16-21(6-8-25(26)35-19-20-5-4-10-29-17-20)27(32)31-13-11-30(12-14-31)18-22-15-23(28)7-9-24(22)33-2/h4-10,15-17H,3,11-14,18-19H2,1-2H3. The van der Waals surface area contributed by atoms with E-state index < -0.39 is 0 Å². The maximum Gasteiger partial charge on any atom is 0.254 e. The Kier molecular flexibility index (Phi) is 8.45. The van der Waals surface area contributed by atoms with Crippen LogP contribution in [0.5, 0.6) is 17.2 Å². The number of rotatable bonds is 9. The van der Waals surface area contributed by atoms with Gasteiger partial charge in [0.25, 0.3) is 5.91 Å². The fourth-order valence-electron chi connectivity index (χ4n) is 4.08. The van der Waals surface area contributed by atoms with Gasteiger partial charge in [-0.2, -0.15) is 0 Å². The van der Waals surface area contributed by atoms with Crippen molar-refractivity contribution >= 4 is 17.5 Å². The molecule has 1 amide bonds. The van der Waals surface area contributed by atoms with Gasteiger partial charge in [0.2, 0.25) is 0 Å². The number of pyridine rings is 1. The van der Waals surface area contributed by atoms with Crippen LogP contribution in [0.25, 0.3) is 0 Å². The number of nitrogens with zero attached hydrogens (tertiary/aromatic N) is 3. The molecular weight excluding hydrogens is 466 g/mol. The maximum atomic E-state index is 13.2. The highest BCUT2D eigenvalue weighted by Gasteiger charge is 2.24. The molecule has 4 rings (SSSR count). The highest BCUT2D eigenvalue weighted by atomic mass is 35.5. The summed E-state index contributed by atoms with van der Waals surface area (Å²) in [5, 5.41) is 0.688. The Hall–Kier alpha value is -3.29. The highest BCUT2D eigenvalue weighted by Crippen LogP contribution is 2.30. The molecule has 0 bridgehead atoms. The molecule has 3 aromatic rings. The van der Waals surface area contributed by atoms with Crippen LogP contribution >= 0.6 is 11.6 Å². The average Bonchev–Trinajstić information content (AvgIpc) is 2.89. The summed E-state index contributed by atoms with van der Waals surface area (Å²) in [5.74, 6) is 1.98. The van der Waals surface area contributed by atoms with Gasteiger partial charge in [0, 0.05) is 66.8 Å². The second kappa shape index (κ2) is 11.9. The van der Waals surface area contributed by atoms with Crippen molar-refractivity contribution in [2.75, 3.05) is 39.9 Å². The number of amides is 1. The number of hydrogen-bond donors (Lipinski definition) is 0. The Balaban J connectivity index is 1.37. The fraction of sp³-hybridized carbons (Fsp3) is 0.333. The number of carbonyl (C=O) groups is 1. The van der Waals surface area contributed by atoms with E-state index in [-0.39, 0.29) is 5.91 Å². The van der Waals surface area contributed by atoms with Crippen molar-refractivity contribution in [2.45, 2.75) is 20.1 Å². The molecule has 1 fully saturated rings. The minimum Gasteiger partial charge on any atom is -0.496 e. The molecule has 1 aromatic heterocycles. The van der Waals surface area contributed by atoms with E-state index >= 15 is 0 Å². The van der Waals surface area contributed by atoms with Gasteiger partial charge in [-0.1, -0.05) is 17.7 Å². The molecule has 1 aliphatic heterocycles. The van der Waals surface area contributed by atoms with Crippen molar-refractivity contribution in [3.63, 3.8) is 0 Å². The van der Waals surface area contributed by atoms with Crippen LogP contribution < -0.4 is 14.2 Å². The second-order valence-electron chi connectivity index (χ2n) is 8.27. The zero-order valence-electron chi connectivity index (χ0n) is 20.1. The molecule has 35 heavy (non-hydrogen) atoms. The quantitative estimate of drug-likeness (QED) is 0.429. The Morgan fingerprint density at radius 3 is 2.51 bits per heavy atom. The molecule has 0 unspecified atom stereocenters. The van der Waals surface area contributed by atoms with Crippen LogP contribution in [0.15, 0.2) is 60.9 Å². The lowest BCUT2D eigenvalue weighted by atomic mass is 10.1. The maximum absolute atomic E-state index is 13.2. The normalized spacial score (nSPS) is 14.0. The van der Waals surface area contributed by atoms with Crippen LogP contribution in [0.1, 0.15) is 28.4 Å². The van der Waals surface area contributed by atoms with Crippen LogP contribution in [0.4, 0.5) is 0 Å². The number of halogens is 1. The summed E-state index contributed by atoms with van der Waals surface area (Å²) in [6, 6.07) is 14.8. The first-order chi connectivity index (χ1) is 17.1. The van der Waals surface area contributed by atoms with E-state index in [9.17, 15) is 4.79 Å². The first-order valence-electron chi connectivity index (χ1n) is 11.7. The van der Waals surface area contributed by atoms with Crippen molar-refractivity contribution < 1.29 is 19.0 Å². The van der Waals surface area contributed by atoms with Gasteiger partial charge in [-0.25, -0.2) is 0 Å². The van der Waals surface area contributed by atoms with E-state index in [1.54, 1.807) is 37.7 Å². The van der Waals surface area contributed by atoms with Gasteiger partial charge in [-0.3, -0.25) is 14.7 Å². The molecule has 0 atom stereocenters. The molecule has 8 heteroatoms. The number of hydrogen-bond acceptors (Lipinski definition) is 6. The van der Waals surface area contributed by atoms with Crippen LogP contribution in [-0.2, 0) is 13.2 Å². The van der Waals surface area contributed by atoms with Crippen molar-refractivity contribution in [1.29, 1.82) is 0 Å². The molecule has 7 nitrogen and oxygen atoms in total. The summed E-state index contributed by atoms with van der Waals surface area (Å²) in [6.07, 6.45) is 3.49. The summed E-state index contributed by atoms with van der Waals surface area (Å²) >= 11 is 6.17. The monoisotopic (exact) mass is 495 g/mol. The zero-order chi connectivity index (χ0) is 24.6. The summed E-state index contributed by atoms with van der Waals surface area (Å²) < 4.78 is 17.2. The molecule has 0 aliphatic carbocycles. The number of ether oxygens (including phenoxy) is 3. The van der Waals surface area contributed by atoms with Crippen molar-refractivity contribution in [1.82, 2.24) is 14.8 Å². The number of methoxy groups -OCH3 is 1. The Morgan fingerprint density at radius 1 is 1.00 bits per heavy atom. The van der Waals surface area contributed by atoms with Gasteiger partial charge in [-0.05, 0) is 49.4 Å². The molecule has 2 heterocycles. The van der Waals surface area contributed by atoms with E-state index in [0.29, 0.717) is 48.4 Å². The summed E-state index contributed by atoms with van der Waals surface area (Å²) in [5.41, 5.74) is 2.60. The van der Waals surface area contributed by atoms with Gasteiger partial charge in [0.15, 0.2) is 11.5 Å². The smallest absolute Gasteiger partial charge is 0.254 e. The summed E-state index contributed by atoms with van der Waals surface area (Å²) in [7, 11) is 1.66. The molecule has 184 valence electrons. The number of piperazine rings is 1. The van der Waals surface area contributed by atoms with Gasteiger partial charge < -0.3 is 19.1 Å². The molecule has 1 saturated heterocycles. The third-order valence-corrected chi connectivity index (χ3v) is 6.14. The van der Waals surface area contributed by atoms with Crippen LogP contribution in [-0.4, -0.2) is 60.6 Å². The van der Waals surface area contributed by atoms with Gasteiger partial charge in [0.1, 0.15) is 12.4 Å². The third-order valence-electron chi connectivity index (χ3n) is 5.90. The lowest BCUT2D eigenvalue weighted by Gasteiger charge is -2.35. The molecule has 0 N–H and O–H groups in total. The summed E-state index contributed by atoms with van der Waals surface area (Å²) in [6.45, 7) is 6.32. The first-order valence-corrected chi connectivity index (χ1v) is 12.1. The number of carbonyl (C=O) groups excluding carboxylic acids is 1. The highest BCUT2D eigenvalue weighted by molar-refractivity contribution is 6.30. The minimum atomic E-state index is -0.00949. The molecule has 0 saturated carbocycles. The molecule has 0 radical (unpaired) electrons. The third kappa shape index (κ3) is 6.44. The summed E-state index contributed by atoms with van der Waals surface area (Å²) in [4.78, 5) is 21.5. The Bertz CT molecular complexity index is 1130. The van der Waals surface area contributed by atoms with Gasteiger partial charge >= 0.3 is 0 Å². The molecular formula is C27H30ClN3O4. The predicted molar refractivity (Wildman–Crippen MR) is 135 cm³/mol. The lowest BCUT2D eigenvalue weighted by molar-refractivity contribution is 0.0627. The fourth-order valence-corrected chi connectivity index (χ4v) is 4.27. The SMILES string of the molecule is CCOc1cc(C(=O)N2CCN(Cc3cc(Cl)ccc3OC)CC2)ccc1OCc1cccnc1. The zero-order valence-corrected chi connectivity index (χ0v) is 20.8. The molecule has 0 spiro atoms. The van der Waals surface area contributed by atoms with Gasteiger partial charge in [0.05, 0.1) is 13.7 Å². The average molecular weight is 496 g/mol. The topological polar surface area (TPSA) is 64.1 Å². The van der Waals surface area contributed by atoms with E-state index in [1.807, 2.05) is 42.2 Å². The Labute approximate surface area is 211 Å². The molecule has 2 aromatic carbocycles. The van der Waals surface area contributed by atoms with E-state index in [1.165, 1.54) is 0 Å². The minimum absolute atomic E-state index is 0.00949. The van der Waals surface area contributed by atoms with Crippen LogP contribution in [0.2, 0.25) is 5.02 Å². The number of benzene rings is 2. The largest absolute Gasteiger partial charge is 0.496 e. The van der Waals surface area contributed by atoms with Crippen molar-refractivity contribution in [3.05, 3.63) is 82.6 Å². The Morgan fingerprint density at radius 2 is 1.80 bits per heavy atom. The van der Waals surface area contributed by atoms with Crippen LogP contribution in [0.3, 0.4) is 0 Å². The first kappa shape index (κ1) is 24.8. The van der Waals surface area contributed by atoms with Crippen molar-refractivity contribution in [2.24, 2.45) is 0 Å². The van der Waals surface area contributed by atoms with Crippen LogP contribution in [0, 0.1) is 0 Å². The second-order valence-corrected chi connectivity index (χ2v) is 8.71. The predicted octanol–water partition coefficient (Wildman–Crippen LogP) is 4.68. The molecule has 1 aliphatic rings. The van der Waals surface area contributed by atoms with E-state index in [0.717, 1.165) is 36.5 Å². The lowest BCUT2D eigenvalue weighted by Crippen LogP contribution is -2.48. The van der Waals surface area contributed by atoms with Crippen molar-refractivity contribution in [3.8, 4) is 17.2 Å².